The molecule has 136 valence electrons. The standard InChI is InChI=1S/C16H23N5O4/c1-16(2,3)24-15(22)21-7-5-20(6-8-21)11-14-17-13(19-25-14)10-12-4-9-23-18-12/h4,9H,5-8,10-11H2,1-3H3. The molecule has 25 heavy (non-hydrogen) atoms. The molecule has 0 saturated carbocycles. The largest absolute Gasteiger partial charge is 0.444 e. The lowest BCUT2D eigenvalue weighted by atomic mass is 10.2. The summed E-state index contributed by atoms with van der Waals surface area (Å²) in [5.41, 5.74) is 0.288. The zero-order valence-corrected chi connectivity index (χ0v) is 14.8. The van der Waals surface area contributed by atoms with Gasteiger partial charge in [0, 0.05) is 32.2 Å². The van der Waals surface area contributed by atoms with Gasteiger partial charge in [0.15, 0.2) is 5.82 Å². The lowest BCUT2D eigenvalue weighted by Gasteiger charge is -2.34. The van der Waals surface area contributed by atoms with Crippen molar-refractivity contribution in [1.29, 1.82) is 0 Å². The van der Waals surface area contributed by atoms with Crippen LogP contribution >= 0.6 is 0 Å². The predicted molar refractivity (Wildman–Crippen MR) is 86.7 cm³/mol. The molecule has 0 N–H and O–H groups in total. The van der Waals surface area contributed by atoms with Crippen LogP contribution in [0.1, 0.15) is 38.2 Å². The number of hydrogen-bond acceptors (Lipinski definition) is 8. The van der Waals surface area contributed by atoms with E-state index in [2.05, 4.69) is 20.2 Å². The van der Waals surface area contributed by atoms with Gasteiger partial charge >= 0.3 is 6.09 Å². The van der Waals surface area contributed by atoms with Crippen LogP contribution in [-0.4, -0.2) is 63.0 Å². The maximum atomic E-state index is 12.1. The van der Waals surface area contributed by atoms with Crippen LogP contribution in [0.5, 0.6) is 0 Å². The van der Waals surface area contributed by atoms with Gasteiger partial charge in [-0.25, -0.2) is 4.79 Å². The van der Waals surface area contributed by atoms with Gasteiger partial charge in [-0.2, -0.15) is 4.98 Å². The Morgan fingerprint density at radius 2 is 2.00 bits per heavy atom. The number of rotatable bonds is 4. The molecule has 2 aromatic heterocycles. The smallest absolute Gasteiger partial charge is 0.410 e. The topological polar surface area (TPSA) is 97.7 Å². The molecule has 9 heteroatoms. The van der Waals surface area contributed by atoms with Gasteiger partial charge in [-0.3, -0.25) is 4.90 Å². The molecule has 0 radical (unpaired) electrons. The molecule has 0 aliphatic carbocycles. The van der Waals surface area contributed by atoms with Crippen LogP contribution < -0.4 is 0 Å². The molecule has 0 bridgehead atoms. The molecular formula is C16H23N5O4. The quantitative estimate of drug-likeness (QED) is 0.823. The van der Waals surface area contributed by atoms with E-state index in [1.54, 1.807) is 11.0 Å². The highest BCUT2D eigenvalue weighted by Crippen LogP contribution is 2.13. The van der Waals surface area contributed by atoms with E-state index in [0.29, 0.717) is 37.8 Å². The van der Waals surface area contributed by atoms with Crippen molar-refractivity contribution in [3.63, 3.8) is 0 Å². The summed E-state index contributed by atoms with van der Waals surface area (Å²) in [6.07, 6.45) is 1.73. The van der Waals surface area contributed by atoms with Gasteiger partial charge in [0.1, 0.15) is 11.9 Å². The fourth-order valence-electron chi connectivity index (χ4n) is 2.52. The number of amides is 1. The number of hydrogen-bond donors (Lipinski definition) is 0. The van der Waals surface area contributed by atoms with E-state index in [1.807, 2.05) is 20.8 Å². The maximum absolute atomic E-state index is 12.1. The van der Waals surface area contributed by atoms with E-state index in [4.69, 9.17) is 13.8 Å². The Morgan fingerprint density at radius 1 is 1.24 bits per heavy atom. The number of aromatic nitrogens is 3. The number of ether oxygens (including phenoxy) is 1. The van der Waals surface area contributed by atoms with E-state index in [-0.39, 0.29) is 6.09 Å². The van der Waals surface area contributed by atoms with E-state index in [9.17, 15) is 4.79 Å². The Morgan fingerprint density at radius 3 is 2.64 bits per heavy atom. The minimum Gasteiger partial charge on any atom is -0.444 e. The summed E-state index contributed by atoms with van der Waals surface area (Å²) in [4.78, 5) is 20.3. The third-order valence-electron chi connectivity index (χ3n) is 3.72. The predicted octanol–water partition coefficient (Wildman–Crippen LogP) is 1.70. The summed E-state index contributed by atoms with van der Waals surface area (Å²) in [7, 11) is 0. The maximum Gasteiger partial charge on any atom is 0.410 e. The Kier molecular flexibility index (Phi) is 5.03. The van der Waals surface area contributed by atoms with Crippen molar-refractivity contribution in [2.75, 3.05) is 26.2 Å². The summed E-state index contributed by atoms with van der Waals surface area (Å²) in [6.45, 7) is 8.88. The second-order valence-corrected chi connectivity index (χ2v) is 7.02. The highest BCUT2D eigenvalue weighted by Gasteiger charge is 2.26. The van der Waals surface area contributed by atoms with Gasteiger partial charge < -0.3 is 18.7 Å². The molecule has 3 rings (SSSR count). The molecule has 1 amide bonds. The first-order chi connectivity index (χ1) is 11.9. The van der Waals surface area contributed by atoms with E-state index in [1.165, 1.54) is 6.26 Å². The van der Waals surface area contributed by atoms with Gasteiger partial charge in [0.2, 0.25) is 5.89 Å². The van der Waals surface area contributed by atoms with Crippen LogP contribution in [0.3, 0.4) is 0 Å². The molecular weight excluding hydrogens is 326 g/mol. The summed E-state index contributed by atoms with van der Waals surface area (Å²) < 4.78 is 15.5. The van der Waals surface area contributed by atoms with Gasteiger partial charge in [-0.05, 0) is 20.8 Å². The zero-order valence-electron chi connectivity index (χ0n) is 14.8. The highest BCUT2D eigenvalue weighted by atomic mass is 16.6. The fourth-order valence-corrected chi connectivity index (χ4v) is 2.52. The average molecular weight is 349 g/mol. The van der Waals surface area contributed by atoms with Crippen molar-refractivity contribution in [3.8, 4) is 0 Å². The first kappa shape index (κ1) is 17.4. The lowest BCUT2D eigenvalue weighted by molar-refractivity contribution is 0.0132. The molecule has 1 fully saturated rings. The Balaban J connectivity index is 1.46. The Labute approximate surface area is 145 Å². The number of piperazine rings is 1. The summed E-state index contributed by atoms with van der Waals surface area (Å²) in [5, 5.41) is 7.79. The molecule has 0 aromatic carbocycles. The minimum atomic E-state index is -0.474. The van der Waals surface area contributed by atoms with Crippen molar-refractivity contribution in [2.24, 2.45) is 0 Å². The van der Waals surface area contributed by atoms with Gasteiger partial charge in [0.25, 0.3) is 0 Å². The molecule has 1 saturated heterocycles. The Hall–Kier alpha value is -2.42. The van der Waals surface area contributed by atoms with Crippen molar-refractivity contribution in [1.82, 2.24) is 25.1 Å². The van der Waals surface area contributed by atoms with Crippen LogP contribution in [0.25, 0.3) is 0 Å². The molecule has 3 heterocycles. The number of carbonyl (C=O) groups excluding carboxylic acids is 1. The SMILES string of the molecule is CC(C)(C)OC(=O)N1CCN(Cc2nc(Cc3ccon3)no2)CC1. The Bertz CT molecular complexity index is 684. The monoisotopic (exact) mass is 349 g/mol. The van der Waals surface area contributed by atoms with Crippen molar-refractivity contribution in [2.45, 2.75) is 39.3 Å². The molecule has 9 nitrogen and oxygen atoms in total. The van der Waals surface area contributed by atoms with Crippen molar-refractivity contribution >= 4 is 6.09 Å². The summed E-state index contributed by atoms with van der Waals surface area (Å²) >= 11 is 0. The van der Waals surface area contributed by atoms with E-state index >= 15 is 0 Å². The lowest BCUT2D eigenvalue weighted by Crippen LogP contribution is -2.49. The second kappa shape index (κ2) is 7.22. The van der Waals surface area contributed by atoms with Crippen molar-refractivity contribution < 1.29 is 18.6 Å². The molecule has 2 aromatic rings. The van der Waals surface area contributed by atoms with Crippen LogP contribution in [0.4, 0.5) is 4.79 Å². The molecule has 0 spiro atoms. The van der Waals surface area contributed by atoms with Crippen LogP contribution in [0.2, 0.25) is 0 Å². The highest BCUT2D eigenvalue weighted by molar-refractivity contribution is 5.68. The van der Waals surface area contributed by atoms with E-state index < -0.39 is 5.60 Å². The molecule has 0 atom stereocenters. The van der Waals surface area contributed by atoms with Crippen LogP contribution in [0, 0.1) is 0 Å². The van der Waals surface area contributed by atoms with Gasteiger partial charge in [-0.15, -0.1) is 0 Å². The molecule has 0 unspecified atom stereocenters. The third kappa shape index (κ3) is 5.02. The third-order valence-corrected chi connectivity index (χ3v) is 3.72. The van der Waals surface area contributed by atoms with Crippen LogP contribution in [0.15, 0.2) is 21.4 Å². The van der Waals surface area contributed by atoms with Crippen molar-refractivity contribution in [3.05, 3.63) is 29.7 Å². The van der Waals surface area contributed by atoms with Crippen LogP contribution in [-0.2, 0) is 17.7 Å². The number of carbonyl (C=O) groups is 1. The van der Waals surface area contributed by atoms with E-state index in [0.717, 1.165) is 18.8 Å². The number of nitrogens with zero attached hydrogens (tertiary/aromatic N) is 5. The average Bonchev–Trinajstić information content (AvgIpc) is 3.19. The summed E-state index contributed by atoms with van der Waals surface area (Å²) in [6, 6.07) is 1.77. The summed E-state index contributed by atoms with van der Waals surface area (Å²) in [5.74, 6) is 1.14. The van der Waals surface area contributed by atoms with Gasteiger partial charge in [0.05, 0.1) is 18.7 Å². The normalized spacial score (nSPS) is 16.2. The second-order valence-electron chi connectivity index (χ2n) is 7.02. The minimum absolute atomic E-state index is 0.264. The molecule has 1 aliphatic heterocycles. The first-order valence-electron chi connectivity index (χ1n) is 8.30. The fraction of sp³-hybridized carbons (Fsp3) is 0.625. The van der Waals surface area contributed by atoms with Gasteiger partial charge in [-0.1, -0.05) is 10.3 Å². The zero-order chi connectivity index (χ0) is 17.9. The molecule has 1 aliphatic rings. The first-order valence-corrected chi connectivity index (χ1v) is 8.30.